The fourth-order valence-electron chi connectivity index (χ4n) is 3.39. The van der Waals surface area contributed by atoms with Crippen molar-refractivity contribution in [2.75, 3.05) is 13.2 Å². The zero-order valence-corrected chi connectivity index (χ0v) is 17.4. The maximum absolute atomic E-state index is 12.3. The zero-order valence-electron chi connectivity index (χ0n) is 15.9. The average molecular weight is 459 g/mol. The minimum absolute atomic E-state index is 0.117. The number of rotatable bonds is 6. The Morgan fingerprint density at radius 2 is 2.07 bits per heavy atom. The third-order valence-electron chi connectivity index (χ3n) is 5.00. The highest BCUT2D eigenvalue weighted by atomic mass is 79.9. The Bertz CT molecular complexity index is 983. The molecule has 152 valence electrons. The van der Waals surface area contributed by atoms with E-state index < -0.39 is 6.04 Å². The number of hydrogen-bond acceptors (Lipinski definition) is 5. The molecule has 0 saturated carbocycles. The van der Waals surface area contributed by atoms with Crippen LogP contribution in [0.1, 0.15) is 18.4 Å². The highest BCUT2D eigenvalue weighted by Gasteiger charge is 2.20. The molecule has 7 nitrogen and oxygen atoms in total. The lowest BCUT2D eigenvalue weighted by atomic mass is 10.0. The molecule has 1 aliphatic rings. The molecule has 0 radical (unpaired) electrons. The van der Waals surface area contributed by atoms with Crippen LogP contribution in [0.4, 0.5) is 0 Å². The van der Waals surface area contributed by atoms with Crippen molar-refractivity contribution >= 4 is 32.9 Å². The number of fused-ring (bicyclic) bond motifs is 1. The number of aromatic amines is 1. The fraction of sp³-hybridized carbons (Fsp3) is 0.333. The fourth-order valence-corrected chi connectivity index (χ4v) is 3.89. The molecular weight excluding hydrogens is 436 g/mol. The number of benzene rings is 1. The number of pyridine rings is 1. The molecule has 1 fully saturated rings. The van der Waals surface area contributed by atoms with Gasteiger partial charge in [0.15, 0.2) is 0 Å². The molecule has 1 unspecified atom stereocenters. The van der Waals surface area contributed by atoms with Gasteiger partial charge >= 0.3 is 0 Å². The van der Waals surface area contributed by atoms with E-state index in [9.17, 15) is 4.79 Å². The van der Waals surface area contributed by atoms with Gasteiger partial charge in [-0.15, -0.1) is 0 Å². The van der Waals surface area contributed by atoms with Crippen molar-refractivity contribution < 1.29 is 14.3 Å². The Kier molecular flexibility index (Phi) is 6.13. The van der Waals surface area contributed by atoms with Crippen LogP contribution < -0.4 is 15.8 Å². The number of carbonyl (C=O) groups excluding carboxylic acids is 1. The van der Waals surface area contributed by atoms with Gasteiger partial charge in [-0.05, 0) is 59.0 Å². The summed E-state index contributed by atoms with van der Waals surface area (Å²) >= 11 is 3.51. The molecule has 2 aromatic heterocycles. The zero-order chi connectivity index (χ0) is 20.2. The van der Waals surface area contributed by atoms with Crippen LogP contribution in [0, 0.1) is 0 Å². The first-order valence-electron chi connectivity index (χ1n) is 9.62. The largest absolute Gasteiger partial charge is 0.457 e. The van der Waals surface area contributed by atoms with Gasteiger partial charge < -0.3 is 25.5 Å². The lowest BCUT2D eigenvalue weighted by Crippen LogP contribution is -2.48. The molecule has 4 N–H and O–H groups in total. The molecule has 1 atom stereocenters. The number of H-pyrrole nitrogens is 1. The smallest absolute Gasteiger partial charge is 0.237 e. The van der Waals surface area contributed by atoms with Gasteiger partial charge in [0, 0.05) is 36.1 Å². The summed E-state index contributed by atoms with van der Waals surface area (Å²) in [5.74, 6) is 1.30. The summed E-state index contributed by atoms with van der Waals surface area (Å²) in [6, 6.07) is 9.02. The van der Waals surface area contributed by atoms with Gasteiger partial charge in [0.2, 0.25) is 5.91 Å². The lowest BCUT2D eigenvalue weighted by Gasteiger charge is -2.24. The van der Waals surface area contributed by atoms with E-state index in [1.54, 1.807) is 6.20 Å². The minimum Gasteiger partial charge on any atom is -0.457 e. The maximum atomic E-state index is 12.3. The summed E-state index contributed by atoms with van der Waals surface area (Å²) in [7, 11) is 0. The predicted molar refractivity (Wildman–Crippen MR) is 114 cm³/mol. The van der Waals surface area contributed by atoms with Crippen molar-refractivity contribution in [3.8, 4) is 11.5 Å². The first kappa shape index (κ1) is 19.9. The molecule has 1 saturated heterocycles. The van der Waals surface area contributed by atoms with Crippen LogP contribution in [-0.4, -0.2) is 41.2 Å². The number of nitrogens with two attached hydrogens (primary N) is 1. The van der Waals surface area contributed by atoms with Crippen LogP contribution in [0.25, 0.3) is 11.0 Å². The second-order valence-electron chi connectivity index (χ2n) is 7.12. The molecule has 0 spiro atoms. The summed E-state index contributed by atoms with van der Waals surface area (Å²) in [5.41, 5.74) is 7.84. The Hall–Kier alpha value is -2.42. The van der Waals surface area contributed by atoms with Crippen molar-refractivity contribution in [1.29, 1.82) is 0 Å². The van der Waals surface area contributed by atoms with Crippen LogP contribution >= 0.6 is 15.9 Å². The van der Waals surface area contributed by atoms with Gasteiger partial charge in [0.05, 0.1) is 11.4 Å². The van der Waals surface area contributed by atoms with E-state index in [4.69, 9.17) is 15.2 Å². The van der Waals surface area contributed by atoms with E-state index in [0.717, 1.165) is 33.9 Å². The molecule has 1 aliphatic heterocycles. The molecule has 1 aromatic carbocycles. The summed E-state index contributed by atoms with van der Waals surface area (Å²) in [6.45, 7) is 1.37. The summed E-state index contributed by atoms with van der Waals surface area (Å²) in [5, 5.41) is 3.91. The molecule has 29 heavy (non-hydrogen) atoms. The average Bonchev–Trinajstić information content (AvgIpc) is 3.12. The minimum atomic E-state index is -0.583. The number of aromatic nitrogens is 2. The van der Waals surface area contributed by atoms with Gasteiger partial charge in [-0.25, -0.2) is 4.98 Å². The van der Waals surface area contributed by atoms with Gasteiger partial charge in [-0.1, -0.05) is 12.1 Å². The lowest BCUT2D eigenvalue weighted by molar-refractivity contribution is -0.123. The number of carbonyl (C=O) groups is 1. The molecule has 4 rings (SSSR count). The number of hydrogen-bond donors (Lipinski definition) is 3. The quantitative estimate of drug-likeness (QED) is 0.525. The van der Waals surface area contributed by atoms with Crippen molar-refractivity contribution in [1.82, 2.24) is 15.3 Å². The maximum Gasteiger partial charge on any atom is 0.237 e. The van der Waals surface area contributed by atoms with Crippen molar-refractivity contribution in [2.24, 2.45) is 5.73 Å². The van der Waals surface area contributed by atoms with Gasteiger partial charge in [0.25, 0.3) is 0 Å². The number of halogens is 1. The Balaban J connectivity index is 1.37. The third-order valence-corrected chi connectivity index (χ3v) is 5.62. The third kappa shape index (κ3) is 4.77. The molecule has 0 aliphatic carbocycles. The van der Waals surface area contributed by atoms with E-state index >= 15 is 0 Å². The molecule has 3 aromatic rings. The molecule has 1 amide bonds. The van der Waals surface area contributed by atoms with Crippen LogP contribution in [0.5, 0.6) is 11.5 Å². The van der Waals surface area contributed by atoms with E-state index in [1.807, 2.05) is 36.5 Å². The van der Waals surface area contributed by atoms with Gasteiger partial charge in [0.1, 0.15) is 17.1 Å². The SMILES string of the molecule is NC(Cc1ccc(Oc2ccnc3[nH]cc(Br)c23)cc1)C(=O)NC1CCOCC1. The summed E-state index contributed by atoms with van der Waals surface area (Å²) in [6.07, 6.45) is 5.68. The first-order chi connectivity index (χ1) is 14.1. The molecule has 0 bridgehead atoms. The second kappa shape index (κ2) is 8.94. The van der Waals surface area contributed by atoms with Crippen LogP contribution in [0.15, 0.2) is 47.2 Å². The summed E-state index contributed by atoms with van der Waals surface area (Å²) < 4.78 is 12.2. The molecule has 8 heteroatoms. The predicted octanol–water partition coefficient (Wildman–Crippen LogP) is 3.28. The number of nitrogens with zero attached hydrogens (tertiary/aromatic N) is 1. The Morgan fingerprint density at radius 1 is 1.31 bits per heavy atom. The van der Waals surface area contributed by atoms with E-state index in [-0.39, 0.29) is 11.9 Å². The Labute approximate surface area is 177 Å². The van der Waals surface area contributed by atoms with Crippen molar-refractivity contribution in [3.63, 3.8) is 0 Å². The van der Waals surface area contributed by atoms with Crippen molar-refractivity contribution in [2.45, 2.75) is 31.3 Å². The number of ether oxygens (including phenoxy) is 2. The first-order valence-corrected chi connectivity index (χ1v) is 10.4. The van der Waals surface area contributed by atoms with Gasteiger partial charge in [-0.3, -0.25) is 4.79 Å². The van der Waals surface area contributed by atoms with Crippen molar-refractivity contribution in [3.05, 3.63) is 52.8 Å². The van der Waals surface area contributed by atoms with E-state index in [1.165, 1.54) is 0 Å². The number of nitrogens with one attached hydrogen (secondary N) is 2. The van der Waals surface area contributed by atoms with Crippen LogP contribution in [0.2, 0.25) is 0 Å². The van der Waals surface area contributed by atoms with Crippen LogP contribution in [-0.2, 0) is 16.0 Å². The summed E-state index contributed by atoms with van der Waals surface area (Å²) in [4.78, 5) is 19.7. The van der Waals surface area contributed by atoms with Crippen LogP contribution in [0.3, 0.4) is 0 Å². The monoisotopic (exact) mass is 458 g/mol. The number of amides is 1. The van der Waals surface area contributed by atoms with Gasteiger partial charge in [-0.2, -0.15) is 0 Å². The Morgan fingerprint density at radius 3 is 2.83 bits per heavy atom. The normalized spacial score (nSPS) is 15.9. The highest BCUT2D eigenvalue weighted by molar-refractivity contribution is 9.10. The molecule has 3 heterocycles. The molecular formula is C21H23BrN4O3. The van der Waals surface area contributed by atoms with E-state index in [0.29, 0.717) is 31.1 Å². The highest BCUT2D eigenvalue weighted by Crippen LogP contribution is 2.33. The topological polar surface area (TPSA) is 102 Å². The standard InChI is InChI=1S/C21H23BrN4O3/c22-16-12-25-20-19(16)18(5-8-24-20)29-15-3-1-13(2-4-15)11-17(23)21(27)26-14-6-9-28-10-7-14/h1-5,8,12,14,17H,6-7,9-11,23H2,(H,24,25)(H,26,27). The van der Waals surface area contributed by atoms with E-state index in [2.05, 4.69) is 31.2 Å². The second-order valence-corrected chi connectivity index (χ2v) is 7.98.